The molecule has 0 fully saturated rings. The predicted molar refractivity (Wildman–Crippen MR) is 97.4 cm³/mol. The topological polar surface area (TPSA) is 95.0 Å². The van der Waals surface area contributed by atoms with Crippen molar-refractivity contribution in [2.75, 3.05) is 11.8 Å². The monoisotopic (exact) mass is 353 g/mol. The van der Waals surface area contributed by atoms with Crippen molar-refractivity contribution in [1.29, 1.82) is 5.26 Å². The molecule has 0 spiro atoms. The third-order valence-corrected chi connectivity index (χ3v) is 4.94. The quantitative estimate of drug-likeness (QED) is 0.687. The normalized spacial score (nSPS) is 11.9. The number of nitrogens with zero attached hydrogens (tertiary/aromatic N) is 1. The Labute approximate surface area is 145 Å². The minimum atomic E-state index is -3.99. The number of H-pyrrole nitrogens is 1. The maximum absolute atomic E-state index is 12.5. The number of para-hydroxylation sites is 1. The van der Waals surface area contributed by atoms with Crippen molar-refractivity contribution in [1.82, 2.24) is 4.98 Å². The number of benzene rings is 2. The second-order valence-electron chi connectivity index (χ2n) is 5.24. The number of hydrogen-bond donors (Lipinski definition) is 2. The first-order valence-electron chi connectivity index (χ1n) is 7.38. The van der Waals surface area contributed by atoms with E-state index in [2.05, 4.69) is 9.71 Å². The van der Waals surface area contributed by atoms with E-state index in [1.807, 2.05) is 24.3 Å². The van der Waals surface area contributed by atoms with Gasteiger partial charge in [-0.05, 0) is 36.4 Å². The van der Waals surface area contributed by atoms with Crippen LogP contribution in [0.3, 0.4) is 0 Å². The Hall–Kier alpha value is -3.24. The highest BCUT2D eigenvalue weighted by Crippen LogP contribution is 2.23. The number of sulfonamides is 1. The lowest BCUT2D eigenvalue weighted by Crippen LogP contribution is -2.14. The van der Waals surface area contributed by atoms with Crippen molar-refractivity contribution in [3.63, 3.8) is 0 Å². The average Bonchev–Trinajstić information content (AvgIpc) is 3.03. The Bertz CT molecular complexity index is 1070. The molecule has 0 unspecified atom stereocenters. The van der Waals surface area contributed by atoms with Crippen molar-refractivity contribution >= 4 is 32.7 Å². The zero-order chi connectivity index (χ0) is 17.9. The van der Waals surface area contributed by atoms with Crippen LogP contribution in [0.1, 0.15) is 5.56 Å². The molecule has 0 aliphatic rings. The van der Waals surface area contributed by atoms with Gasteiger partial charge < -0.3 is 9.72 Å². The number of nitrogens with one attached hydrogen (secondary N) is 2. The van der Waals surface area contributed by atoms with E-state index < -0.39 is 10.0 Å². The zero-order valence-electron chi connectivity index (χ0n) is 13.4. The van der Waals surface area contributed by atoms with E-state index in [9.17, 15) is 13.7 Å². The van der Waals surface area contributed by atoms with Crippen LogP contribution < -0.4 is 9.46 Å². The highest BCUT2D eigenvalue weighted by Gasteiger charge is 2.18. The minimum Gasteiger partial charge on any atom is -0.497 e. The van der Waals surface area contributed by atoms with Crippen LogP contribution in [-0.2, 0) is 10.0 Å². The molecule has 2 aromatic carbocycles. The Balaban J connectivity index is 1.94. The second-order valence-corrected chi connectivity index (χ2v) is 6.89. The molecule has 0 bridgehead atoms. The summed E-state index contributed by atoms with van der Waals surface area (Å²) in [6.45, 7) is 0. The highest BCUT2D eigenvalue weighted by atomic mass is 32.2. The van der Waals surface area contributed by atoms with Crippen LogP contribution in [0.5, 0.6) is 5.75 Å². The number of hydrogen-bond acceptors (Lipinski definition) is 4. The lowest BCUT2D eigenvalue weighted by molar-refractivity contribution is 0.415. The number of rotatable bonds is 5. The SMILES string of the molecule is COc1ccc(NS(=O)(=O)/C(C#N)=C/c2c[nH]c3ccccc23)cc1. The molecule has 0 atom stereocenters. The van der Waals surface area contributed by atoms with Crippen molar-refractivity contribution in [2.24, 2.45) is 0 Å². The highest BCUT2D eigenvalue weighted by molar-refractivity contribution is 7.96. The van der Waals surface area contributed by atoms with E-state index in [-0.39, 0.29) is 4.91 Å². The van der Waals surface area contributed by atoms with Crippen LogP contribution in [-0.4, -0.2) is 20.5 Å². The van der Waals surface area contributed by atoms with Crippen molar-refractivity contribution in [3.05, 3.63) is 65.2 Å². The first-order valence-corrected chi connectivity index (χ1v) is 8.86. The van der Waals surface area contributed by atoms with Crippen LogP contribution in [0.2, 0.25) is 0 Å². The van der Waals surface area contributed by atoms with Gasteiger partial charge in [-0.2, -0.15) is 5.26 Å². The smallest absolute Gasteiger partial charge is 0.272 e. The number of aromatic amines is 1. The molecule has 2 N–H and O–H groups in total. The van der Waals surface area contributed by atoms with Crippen LogP contribution in [0.15, 0.2) is 59.6 Å². The number of methoxy groups -OCH3 is 1. The summed E-state index contributed by atoms with van der Waals surface area (Å²) in [7, 11) is -2.47. The first-order chi connectivity index (χ1) is 12.0. The number of nitriles is 1. The summed E-state index contributed by atoms with van der Waals surface area (Å²) in [5.41, 5.74) is 1.85. The fourth-order valence-corrected chi connectivity index (χ4v) is 3.35. The Kier molecular flexibility index (Phi) is 4.46. The molecule has 0 radical (unpaired) electrons. The molecule has 0 aliphatic carbocycles. The third kappa shape index (κ3) is 3.49. The Morgan fingerprint density at radius 1 is 1.20 bits per heavy atom. The predicted octanol–water partition coefficient (Wildman–Crippen LogP) is 3.48. The van der Waals surface area contributed by atoms with E-state index in [4.69, 9.17) is 4.74 Å². The zero-order valence-corrected chi connectivity index (χ0v) is 14.2. The molecule has 3 aromatic rings. The second kappa shape index (κ2) is 6.71. The molecular weight excluding hydrogens is 338 g/mol. The fourth-order valence-electron chi connectivity index (χ4n) is 2.39. The Morgan fingerprint density at radius 2 is 1.92 bits per heavy atom. The summed E-state index contributed by atoms with van der Waals surface area (Å²) < 4.78 is 32.4. The standard InChI is InChI=1S/C18H15N3O3S/c1-24-15-8-6-14(7-9-15)21-25(22,23)16(11-19)10-13-12-20-18-5-3-2-4-17(13)18/h2-10,12,20-21H,1H3/b16-10+. The largest absolute Gasteiger partial charge is 0.497 e. The number of aromatic nitrogens is 1. The summed E-state index contributed by atoms with van der Waals surface area (Å²) in [5, 5.41) is 10.2. The van der Waals surface area contributed by atoms with Crippen molar-refractivity contribution in [3.8, 4) is 11.8 Å². The molecule has 1 aromatic heterocycles. The van der Waals surface area contributed by atoms with E-state index in [0.29, 0.717) is 17.0 Å². The van der Waals surface area contributed by atoms with E-state index >= 15 is 0 Å². The molecule has 3 rings (SSSR count). The van der Waals surface area contributed by atoms with Gasteiger partial charge in [-0.25, -0.2) is 8.42 Å². The maximum atomic E-state index is 12.5. The van der Waals surface area contributed by atoms with Gasteiger partial charge in [0, 0.05) is 28.4 Å². The van der Waals surface area contributed by atoms with Gasteiger partial charge in [-0.1, -0.05) is 18.2 Å². The van der Waals surface area contributed by atoms with Crippen LogP contribution >= 0.6 is 0 Å². The molecule has 25 heavy (non-hydrogen) atoms. The molecule has 0 saturated heterocycles. The van der Waals surface area contributed by atoms with E-state index in [1.54, 1.807) is 36.5 Å². The lowest BCUT2D eigenvalue weighted by Gasteiger charge is -2.07. The van der Waals surface area contributed by atoms with Gasteiger partial charge >= 0.3 is 0 Å². The molecular formula is C18H15N3O3S. The molecule has 126 valence electrons. The minimum absolute atomic E-state index is 0.348. The van der Waals surface area contributed by atoms with Crippen LogP contribution in [0.25, 0.3) is 17.0 Å². The fraction of sp³-hybridized carbons (Fsp3) is 0.0556. The first kappa shape index (κ1) is 16.6. The van der Waals surface area contributed by atoms with Gasteiger partial charge in [0.1, 0.15) is 11.8 Å². The molecule has 0 aliphatic heterocycles. The number of fused-ring (bicyclic) bond motifs is 1. The molecule has 7 heteroatoms. The van der Waals surface area contributed by atoms with Gasteiger partial charge in [0.25, 0.3) is 10.0 Å². The molecule has 6 nitrogen and oxygen atoms in total. The molecule has 1 heterocycles. The summed E-state index contributed by atoms with van der Waals surface area (Å²) in [6, 6.07) is 15.6. The van der Waals surface area contributed by atoms with Crippen molar-refractivity contribution in [2.45, 2.75) is 0 Å². The van der Waals surface area contributed by atoms with Crippen LogP contribution in [0, 0.1) is 11.3 Å². The van der Waals surface area contributed by atoms with E-state index in [0.717, 1.165) is 10.9 Å². The summed E-state index contributed by atoms with van der Waals surface area (Å²) >= 11 is 0. The van der Waals surface area contributed by atoms with Gasteiger partial charge in [0.15, 0.2) is 4.91 Å². The van der Waals surface area contributed by atoms with Gasteiger partial charge in [-0.15, -0.1) is 0 Å². The maximum Gasteiger partial charge on any atom is 0.272 e. The Morgan fingerprint density at radius 3 is 2.60 bits per heavy atom. The third-order valence-electron chi connectivity index (χ3n) is 3.65. The lowest BCUT2D eigenvalue weighted by atomic mass is 10.1. The number of anilines is 1. The van der Waals surface area contributed by atoms with E-state index in [1.165, 1.54) is 13.2 Å². The molecule has 0 saturated carbocycles. The van der Waals surface area contributed by atoms with Crippen LogP contribution in [0.4, 0.5) is 5.69 Å². The van der Waals surface area contributed by atoms with Gasteiger partial charge in [0.05, 0.1) is 7.11 Å². The summed E-state index contributed by atoms with van der Waals surface area (Å²) in [5.74, 6) is 0.609. The van der Waals surface area contributed by atoms with Crippen molar-refractivity contribution < 1.29 is 13.2 Å². The number of ether oxygens (including phenoxy) is 1. The summed E-state index contributed by atoms with van der Waals surface area (Å²) in [4.78, 5) is 2.68. The summed E-state index contributed by atoms with van der Waals surface area (Å²) in [6.07, 6.45) is 3.02. The van der Waals surface area contributed by atoms with Gasteiger partial charge in [-0.3, -0.25) is 4.72 Å². The average molecular weight is 353 g/mol. The number of allylic oxidation sites excluding steroid dienone is 1. The molecule has 0 amide bonds. The van der Waals surface area contributed by atoms with Gasteiger partial charge in [0.2, 0.25) is 0 Å².